The molecular weight excluding hydrogens is 154 g/mol. The molecule has 10 heavy (non-hydrogen) atoms. The fraction of sp³-hybridized carbons (Fsp3) is 0.833. The number of carboxylic acids is 1. The van der Waals surface area contributed by atoms with Crippen LogP contribution in [0, 0.1) is 5.92 Å². The van der Waals surface area contributed by atoms with Crippen LogP contribution < -0.4 is 5.73 Å². The molecule has 0 radical (unpaired) electrons. The van der Waals surface area contributed by atoms with Crippen molar-refractivity contribution in [1.82, 2.24) is 0 Å². The number of hydrogen-bond donors (Lipinski definition) is 2. The molecule has 3 N–H and O–H groups in total. The number of carboxylic acid groups (broad SMARTS) is 1. The first-order valence-corrected chi connectivity index (χ1v) is 3.71. The molecule has 0 fully saturated rings. The summed E-state index contributed by atoms with van der Waals surface area (Å²) < 4.78 is 0. The maximum absolute atomic E-state index is 10.3. The smallest absolute Gasteiger partial charge is 0.320 e. The second-order valence-corrected chi connectivity index (χ2v) is 2.50. The van der Waals surface area contributed by atoms with Crippen LogP contribution in [-0.4, -0.2) is 23.0 Å². The molecule has 3 nitrogen and oxygen atoms in total. The molecule has 0 bridgehead atoms. The van der Waals surface area contributed by atoms with E-state index < -0.39 is 12.0 Å². The van der Waals surface area contributed by atoms with Crippen LogP contribution in [0.1, 0.15) is 13.3 Å². The lowest BCUT2D eigenvalue weighted by Gasteiger charge is -2.14. The van der Waals surface area contributed by atoms with Crippen LogP contribution in [-0.2, 0) is 4.79 Å². The zero-order valence-electron chi connectivity index (χ0n) is 5.88. The highest BCUT2D eigenvalue weighted by atomic mass is 35.5. The summed E-state index contributed by atoms with van der Waals surface area (Å²) in [5.74, 6) is -0.782. The molecule has 0 aliphatic rings. The summed E-state index contributed by atoms with van der Waals surface area (Å²) in [5, 5.41) is 8.43. The highest BCUT2D eigenvalue weighted by molar-refractivity contribution is 6.18. The van der Waals surface area contributed by atoms with Crippen molar-refractivity contribution in [1.29, 1.82) is 0 Å². The summed E-state index contributed by atoms with van der Waals surface area (Å²) in [7, 11) is 0. The van der Waals surface area contributed by atoms with Crippen molar-refractivity contribution in [2.24, 2.45) is 11.7 Å². The van der Waals surface area contributed by atoms with E-state index in [0.29, 0.717) is 12.3 Å². The van der Waals surface area contributed by atoms with Gasteiger partial charge in [-0.3, -0.25) is 4.79 Å². The van der Waals surface area contributed by atoms with E-state index in [1.165, 1.54) is 0 Å². The second kappa shape index (κ2) is 4.52. The van der Waals surface area contributed by atoms with Crippen LogP contribution in [0.3, 0.4) is 0 Å². The van der Waals surface area contributed by atoms with Gasteiger partial charge in [-0.15, -0.1) is 11.6 Å². The van der Waals surface area contributed by atoms with Crippen molar-refractivity contribution in [2.45, 2.75) is 19.4 Å². The maximum Gasteiger partial charge on any atom is 0.320 e. The van der Waals surface area contributed by atoms with E-state index in [9.17, 15) is 4.79 Å². The molecule has 60 valence electrons. The average molecular weight is 166 g/mol. The van der Waals surface area contributed by atoms with E-state index in [2.05, 4.69) is 0 Å². The predicted molar refractivity (Wildman–Crippen MR) is 40.1 cm³/mol. The van der Waals surface area contributed by atoms with Crippen molar-refractivity contribution in [3.05, 3.63) is 0 Å². The van der Waals surface area contributed by atoms with Gasteiger partial charge in [0.15, 0.2) is 0 Å². The van der Waals surface area contributed by atoms with Gasteiger partial charge in [0.05, 0.1) is 0 Å². The zero-order valence-corrected chi connectivity index (χ0v) is 6.64. The molecule has 0 aliphatic heterocycles. The van der Waals surface area contributed by atoms with Gasteiger partial charge in [0, 0.05) is 5.88 Å². The predicted octanol–water partition coefficient (Wildman–Crippen LogP) is 0.663. The third kappa shape index (κ3) is 2.54. The van der Waals surface area contributed by atoms with Crippen molar-refractivity contribution in [3.63, 3.8) is 0 Å². The van der Waals surface area contributed by atoms with Gasteiger partial charge in [-0.25, -0.2) is 0 Å². The van der Waals surface area contributed by atoms with Gasteiger partial charge in [-0.2, -0.15) is 0 Å². The van der Waals surface area contributed by atoms with Crippen LogP contribution in [0.25, 0.3) is 0 Å². The Kier molecular flexibility index (Phi) is 4.40. The molecule has 0 spiro atoms. The van der Waals surface area contributed by atoms with Crippen LogP contribution in [0.2, 0.25) is 0 Å². The van der Waals surface area contributed by atoms with Gasteiger partial charge in [0.1, 0.15) is 6.04 Å². The van der Waals surface area contributed by atoms with Gasteiger partial charge < -0.3 is 10.8 Å². The molecular formula is C6H12ClNO2. The van der Waals surface area contributed by atoms with E-state index in [1.807, 2.05) is 6.92 Å². The Hall–Kier alpha value is -0.280. The van der Waals surface area contributed by atoms with Gasteiger partial charge in [0.2, 0.25) is 0 Å². The number of carbonyl (C=O) groups is 1. The number of rotatable bonds is 4. The summed E-state index contributed by atoms with van der Waals surface area (Å²) in [4.78, 5) is 10.3. The van der Waals surface area contributed by atoms with Gasteiger partial charge in [-0.1, -0.05) is 13.3 Å². The van der Waals surface area contributed by atoms with Crippen molar-refractivity contribution in [3.8, 4) is 0 Å². The first kappa shape index (κ1) is 9.72. The van der Waals surface area contributed by atoms with Crippen molar-refractivity contribution < 1.29 is 9.90 Å². The molecule has 0 aliphatic carbocycles. The monoisotopic (exact) mass is 165 g/mol. The highest BCUT2D eigenvalue weighted by Gasteiger charge is 2.21. The molecule has 2 atom stereocenters. The minimum Gasteiger partial charge on any atom is -0.480 e. The number of hydrogen-bond acceptors (Lipinski definition) is 2. The quantitative estimate of drug-likeness (QED) is 0.602. The number of nitrogens with two attached hydrogens (primary N) is 1. The van der Waals surface area contributed by atoms with E-state index >= 15 is 0 Å². The maximum atomic E-state index is 10.3. The normalized spacial score (nSPS) is 16.3. The zero-order chi connectivity index (χ0) is 8.15. The van der Waals surface area contributed by atoms with E-state index in [0.717, 1.165) is 0 Å². The summed E-state index contributed by atoms with van der Waals surface area (Å²) >= 11 is 5.46. The van der Waals surface area contributed by atoms with Crippen LogP contribution in [0.4, 0.5) is 0 Å². The summed E-state index contributed by atoms with van der Waals surface area (Å²) in [5.41, 5.74) is 5.30. The number of aliphatic carboxylic acids is 1. The standard InChI is InChI=1S/C6H12ClNO2/c1-2-4(3-7)5(8)6(9)10/h4-5H,2-3,8H2,1H3,(H,9,10). The molecule has 0 rings (SSSR count). The number of alkyl halides is 1. The molecule has 0 aromatic rings. The summed E-state index contributed by atoms with van der Waals surface area (Å²) in [6.45, 7) is 1.87. The largest absolute Gasteiger partial charge is 0.480 e. The minimum absolute atomic E-state index is 0.112. The number of halogens is 1. The lowest BCUT2D eigenvalue weighted by Crippen LogP contribution is -2.38. The van der Waals surface area contributed by atoms with Crippen LogP contribution in [0.5, 0.6) is 0 Å². The van der Waals surface area contributed by atoms with Gasteiger partial charge >= 0.3 is 5.97 Å². The first-order chi connectivity index (χ1) is 4.63. The van der Waals surface area contributed by atoms with Crippen molar-refractivity contribution >= 4 is 17.6 Å². The molecule has 0 saturated heterocycles. The van der Waals surface area contributed by atoms with E-state index in [-0.39, 0.29) is 5.92 Å². The van der Waals surface area contributed by atoms with E-state index in [4.69, 9.17) is 22.4 Å². The van der Waals surface area contributed by atoms with E-state index in [1.54, 1.807) is 0 Å². The fourth-order valence-corrected chi connectivity index (χ4v) is 1.07. The lowest BCUT2D eigenvalue weighted by molar-refractivity contribution is -0.139. The third-order valence-electron chi connectivity index (χ3n) is 1.52. The van der Waals surface area contributed by atoms with Crippen LogP contribution >= 0.6 is 11.6 Å². The SMILES string of the molecule is CCC(CCl)C(N)C(=O)O. The summed E-state index contributed by atoms with van der Waals surface area (Å²) in [6, 6.07) is -0.817. The molecule has 0 aromatic carbocycles. The fourth-order valence-electron chi connectivity index (χ4n) is 0.661. The molecule has 0 saturated carbocycles. The molecule has 0 heterocycles. The Balaban J connectivity index is 3.88. The minimum atomic E-state index is -0.979. The molecule has 0 amide bonds. The topological polar surface area (TPSA) is 63.3 Å². The Labute approximate surface area is 65.2 Å². The summed E-state index contributed by atoms with van der Waals surface area (Å²) in [6.07, 6.45) is 0.705. The average Bonchev–Trinajstić information content (AvgIpc) is 1.90. The third-order valence-corrected chi connectivity index (χ3v) is 1.91. The molecule has 0 aromatic heterocycles. The Bertz CT molecular complexity index is 114. The lowest BCUT2D eigenvalue weighted by atomic mass is 10.0. The van der Waals surface area contributed by atoms with Gasteiger partial charge in [0.25, 0.3) is 0 Å². The second-order valence-electron chi connectivity index (χ2n) is 2.19. The Morgan fingerprint density at radius 2 is 2.30 bits per heavy atom. The Morgan fingerprint density at radius 3 is 2.40 bits per heavy atom. The van der Waals surface area contributed by atoms with Gasteiger partial charge in [-0.05, 0) is 5.92 Å². The Morgan fingerprint density at radius 1 is 1.80 bits per heavy atom. The molecule has 2 unspecified atom stereocenters. The molecule has 4 heteroatoms. The van der Waals surface area contributed by atoms with Crippen LogP contribution in [0.15, 0.2) is 0 Å². The highest BCUT2D eigenvalue weighted by Crippen LogP contribution is 2.08. The van der Waals surface area contributed by atoms with Crippen molar-refractivity contribution in [2.75, 3.05) is 5.88 Å². The first-order valence-electron chi connectivity index (χ1n) is 3.17.